The summed E-state index contributed by atoms with van der Waals surface area (Å²) < 4.78 is 0. The van der Waals surface area contributed by atoms with Crippen LogP contribution in [0.25, 0.3) is 0 Å². The summed E-state index contributed by atoms with van der Waals surface area (Å²) in [5.41, 5.74) is 0. The number of allylic oxidation sites excluding steroid dienone is 3. The predicted octanol–water partition coefficient (Wildman–Crippen LogP) is 3.84. The second-order valence-electron chi connectivity index (χ2n) is 4.54. The molecule has 1 atom stereocenters. The molecule has 0 spiro atoms. The van der Waals surface area contributed by atoms with Crippen LogP contribution in [0.5, 0.6) is 0 Å². The third kappa shape index (κ3) is 11.2. The highest BCUT2D eigenvalue weighted by Crippen LogP contribution is 1.99. The van der Waals surface area contributed by atoms with Gasteiger partial charge in [-0.2, -0.15) is 0 Å². The molecule has 0 aromatic heterocycles. The van der Waals surface area contributed by atoms with Crippen LogP contribution in [0.15, 0.2) is 24.3 Å². The van der Waals surface area contributed by atoms with Crippen LogP contribution in [0.3, 0.4) is 0 Å². The van der Waals surface area contributed by atoms with Crippen molar-refractivity contribution in [3.05, 3.63) is 24.3 Å². The van der Waals surface area contributed by atoms with E-state index in [9.17, 15) is 4.79 Å². The fourth-order valence-corrected chi connectivity index (χ4v) is 1.31. The Morgan fingerprint density at radius 3 is 2.65 bits per heavy atom. The van der Waals surface area contributed by atoms with E-state index in [1.165, 1.54) is 19.3 Å². The van der Waals surface area contributed by atoms with Gasteiger partial charge in [-0.1, -0.05) is 58.3 Å². The molecule has 0 rings (SSSR count). The molecule has 17 heavy (non-hydrogen) atoms. The van der Waals surface area contributed by atoms with Gasteiger partial charge in [0.1, 0.15) is 0 Å². The first kappa shape index (κ1) is 16.0. The standard InChI is InChI=1S/C15H27NO/c1-4-6-7-8-9-10-11-12-15(17)16-13-14(3)5-2/h9-12,14H,4-8,13H2,1-3H3,(H,16,17)/b10-9+,12-11+/t14-/m1/s1. The lowest BCUT2D eigenvalue weighted by molar-refractivity contribution is -0.116. The van der Waals surface area contributed by atoms with E-state index in [0.29, 0.717) is 5.92 Å². The van der Waals surface area contributed by atoms with Crippen LogP contribution in [-0.2, 0) is 4.79 Å². The van der Waals surface area contributed by atoms with Gasteiger partial charge in [0.15, 0.2) is 0 Å². The largest absolute Gasteiger partial charge is 0.352 e. The lowest BCUT2D eigenvalue weighted by atomic mass is 10.1. The first-order chi connectivity index (χ1) is 8.20. The smallest absolute Gasteiger partial charge is 0.243 e. The van der Waals surface area contributed by atoms with E-state index in [0.717, 1.165) is 19.4 Å². The van der Waals surface area contributed by atoms with Crippen LogP contribution in [0.4, 0.5) is 0 Å². The lowest BCUT2D eigenvalue weighted by Gasteiger charge is -2.07. The molecule has 0 saturated carbocycles. The van der Waals surface area contributed by atoms with Crippen molar-refractivity contribution in [1.82, 2.24) is 5.32 Å². The zero-order chi connectivity index (χ0) is 12.9. The Labute approximate surface area is 106 Å². The Morgan fingerprint density at radius 1 is 1.24 bits per heavy atom. The quantitative estimate of drug-likeness (QED) is 0.368. The Morgan fingerprint density at radius 2 is 2.00 bits per heavy atom. The van der Waals surface area contributed by atoms with Gasteiger partial charge in [-0.05, 0) is 18.8 Å². The molecule has 0 fully saturated rings. The van der Waals surface area contributed by atoms with Crippen molar-refractivity contribution < 1.29 is 4.79 Å². The highest BCUT2D eigenvalue weighted by atomic mass is 16.1. The molecule has 0 aliphatic heterocycles. The van der Waals surface area contributed by atoms with Gasteiger partial charge in [0.25, 0.3) is 0 Å². The third-order valence-corrected chi connectivity index (χ3v) is 2.79. The average Bonchev–Trinajstić information content (AvgIpc) is 2.34. The molecule has 2 heteroatoms. The Hall–Kier alpha value is -1.05. The van der Waals surface area contributed by atoms with E-state index in [1.54, 1.807) is 6.08 Å². The molecule has 1 N–H and O–H groups in total. The van der Waals surface area contributed by atoms with Gasteiger partial charge < -0.3 is 5.32 Å². The molecule has 0 aromatic carbocycles. The van der Waals surface area contributed by atoms with Crippen molar-refractivity contribution in [2.75, 3.05) is 6.54 Å². The summed E-state index contributed by atoms with van der Waals surface area (Å²) in [6, 6.07) is 0. The summed E-state index contributed by atoms with van der Waals surface area (Å²) in [6.07, 6.45) is 13.5. The molecule has 1 amide bonds. The van der Waals surface area contributed by atoms with E-state index in [1.807, 2.05) is 12.2 Å². The third-order valence-electron chi connectivity index (χ3n) is 2.79. The first-order valence-corrected chi connectivity index (χ1v) is 6.81. The first-order valence-electron chi connectivity index (χ1n) is 6.81. The Bertz CT molecular complexity index is 243. The number of rotatable bonds is 9. The highest BCUT2D eigenvalue weighted by molar-refractivity contribution is 5.87. The van der Waals surface area contributed by atoms with Gasteiger partial charge in [-0.15, -0.1) is 0 Å². The molecule has 0 aliphatic carbocycles. The molecule has 2 nitrogen and oxygen atoms in total. The average molecular weight is 237 g/mol. The SMILES string of the molecule is CCCCC/C=C/C=C/C(=O)NC[C@H](C)CC. The molecule has 0 aliphatic rings. The minimum Gasteiger partial charge on any atom is -0.352 e. The maximum Gasteiger partial charge on any atom is 0.243 e. The zero-order valence-corrected chi connectivity index (χ0v) is 11.5. The normalized spacial score (nSPS) is 13.4. The van der Waals surface area contributed by atoms with E-state index in [2.05, 4.69) is 32.2 Å². The number of carbonyl (C=O) groups excluding carboxylic acids is 1. The van der Waals surface area contributed by atoms with Gasteiger partial charge in [0, 0.05) is 12.6 Å². The maximum atomic E-state index is 11.4. The summed E-state index contributed by atoms with van der Waals surface area (Å²) in [4.78, 5) is 11.4. The zero-order valence-electron chi connectivity index (χ0n) is 11.5. The highest BCUT2D eigenvalue weighted by Gasteiger charge is 1.99. The second kappa shape index (κ2) is 11.4. The summed E-state index contributed by atoms with van der Waals surface area (Å²) >= 11 is 0. The van der Waals surface area contributed by atoms with Crippen LogP contribution >= 0.6 is 0 Å². The molecular weight excluding hydrogens is 210 g/mol. The van der Waals surface area contributed by atoms with Crippen LogP contribution in [0.1, 0.15) is 52.9 Å². The van der Waals surface area contributed by atoms with Gasteiger partial charge in [-0.3, -0.25) is 4.79 Å². The van der Waals surface area contributed by atoms with E-state index in [4.69, 9.17) is 0 Å². The minimum absolute atomic E-state index is 0.00325. The fraction of sp³-hybridized carbons (Fsp3) is 0.667. The lowest BCUT2D eigenvalue weighted by Crippen LogP contribution is -2.26. The number of amides is 1. The van der Waals surface area contributed by atoms with Crippen molar-refractivity contribution in [3.63, 3.8) is 0 Å². The number of hydrogen-bond acceptors (Lipinski definition) is 1. The molecule has 0 radical (unpaired) electrons. The van der Waals surface area contributed by atoms with Gasteiger partial charge in [0.05, 0.1) is 0 Å². The van der Waals surface area contributed by atoms with Gasteiger partial charge >= 0.3 is 0 Å². The topological polar surface area (TPSA) is 29.1 Å². The van der Waals surface area contributed by atoms with Crippen LogP contribution in [-0.4, -0.2) is 12.5 Å². The molecule has 0 saturated heterocycles. The van der Waals surface area contributed by atoms with E-state index >= 15 is 0 Å². The van der Waals surface area contributed by atoms with Crippen LogP contribution < -0.4 is 5.32 Å². The van der Waals surface area contributed by atoms with Gasteiger partial charge in [-0.25, -0.2) is 0 Å². The summed E-state index contributed by atoms with van der Waals surface area (Å²) in [5.74, 6) is 0.556. The summed E-state index contributed by atoms with van der Waals surface area (Å²) in [5, 5.41) is 2.88. The van der Waals surface area contributed by atoms with Crippen LogP contribution in [0, 0.1) is 5.92 Å². The molecular formula is C15H27NO. The van der Waals surface area contributed by atoms with Crippen LogP contribution in [0.2, 0.25) is 0 Å². The van der Waals surface area contributed by atoms with Crippen molar-refractivity contribution in [2.24, 2.45) is 5.92 Å². The van der Waals surface area contributed by atoms with E-state index < -0.39 is 0 Å². The number of hydrogen-bond donors (Lipinski definition) is 1. The Balaban J connectivity index is 3.59. The molecule has 0 unspecified atom stereocenters. The van der Waals surface area contributed by atoms with Crippen molar-refractivity contribution in [1.29, 1.82) is 0 Å². The predicted molar refractivity (Wildman–Crippen MR) is 74.9 cm³/mol. The van der Waals surface area contributed by atoms with Crippen molar-refractivity contribution >= 4 is 5.91 Å². The van der Waals surface area contributed by atoms with Crippen molar-refractivity contribution in [2.45, 2.75) is 52.9 Å². The maximum absolute atomic E-state index is 11.4. The second-order valence-corrected chi connectivity index (χ2v) is 4.54. The fourth-order valence-electron chi connectivity index (χ4n) is 1.31. The molecule has 0 heterocycles. The summed E-state index contributed by atoms with van der Waals surface area (Å²) in [7, 11) is 0. The Kier molecular flexibility index (Phi) is 10.7. The number of nitrogens with one attached hydrogen (secondary N) is 1. The molecule has 0 bridgehead atoms. The monoisotopic (exact) mass is 237 g/mol. The number of carbonyl (C=O) groups is 1. The molecule has 98 valence electrons. The van der Waals surface area contributed by atoms with Gasteiger partial charge in [0.2, 0.25) is 5.91 Å². The van der Waals surface area contributed by atoms with Crippen molar-refractivity contribution in [3.8, 4) is 0 Å². The molecule has 0 aromatic rings. The number of unbranched alkanes of at least 4 members (excludes halogenated alkanes) is 3. The van der Waals surface area contributed by atoms with E-state index in [-0.39, 0.29) is 5.91 Å². The minimum atomic E-state index is 0.00325. The summed E-state index contributed by atoms with van der Waals surface area (Å²) in [6.45, 7) is 7.23.